The van der Waals surface area contributed by atoms with Crippen LogP contribution in [0.25, 0.3) is 0 Å². The number of hydrogen-bond donors (Lipinski definition) is 3. The van der Waals surface area contributed by atoms with Gasteiger partial charge in [0, 0.05) is 12.7 Å². The lowest BCUT2D eigenvalue weighted by atomic mass is 10.2. The molecule has 0 atom stereocenters. The van der Waals surface area contributed by atoms with Crippen molar-refractivity contribution in [2.45, 2.75) is 11.4 Å². The average Bonchev–Trinajstić information content (AvgIpc) is 2.45. The van der Waals surface area contributed by atoms with Gasteiger partial charge in [0.2, 0.25) is 10.0 Å². The van der Waals surface area contributed by atoms with Crippen LogP contribution in [-0.2, 0) is 16.6 Å². The lowest BCUT2D eigenvalue weighted by Gasteiger charge is -2.05. The SMILES string of the molecule is NS(=O)(=O)c1ccc(CNC(=O)c2c[nH]c(=O)cn2)cc1. The zero-order chi connectivity index (χ0) is 15.5. The van der Waals surface area contributed by atoms with Crippen LogP contribution in [0.3, 0.4) is 0 Å². The largest absolute Gasteiger partial charge is 0.347 e. The van der Waals surface area contributed by atoms with E-state index in [4.69, 9.17) is 5.14 Å². The molecule has 21 heavy (non-hydrogen) atoms. The Balaban J connectivity index is 2.01. The number of carbonyl (C=O) groups excluding carboxylic acids is 1. The van der Waals surface area contributed by atoms with E-state index in [1.54, 1.807) is 12.1 Å². The summed E-state index contributed by atoms with van der Waals surface area (Å²) in [6.07, 6.45) is 2.22. The minimum Gasteiger partial charge on any atom is -0.347 e. The minimum atomic E-state index is -3.73. The van der Waals surface area contributed by atoms with Gasteiger partial charge in [0.25, 0.3) is 11.5 Å². The molecule has 0 aliphatic rings. The molecule has 9 heteroatoms. The van der Waals surface area contributed by atoms with Gasteiger partial charge in [-0.15, -0.1) is 0 Å². The third-order valence-corrected chi connectivity index (χ3v) is 3.54. The first-order valence-corrected chi connectivity index (χ1v) is 7.35. The van der Waals surface area contributed by atoms with Crippen molar-refractivity contribution in [3.05, 3.63) is 58.3 Å². The van der Waals surface area contributed by atoms with Crippen LogP contribution in [0, 0.1) is 0 Å². The maximum Gasteiger partial charge on any atom is 0.271 e. The smallest absolute Gasteiger partial charge is 0.271 e. The number of aromatic nitrogens is 2. The van der Waals surface area contributed by atoms with Gasteiger partial charge in [-0.3, -0.25) is 9.59 Å². The quantitative estimate of drug-likeness (QED) is 0.689. The van der Waals surface area contributed by atoms with Crippen molar-refractivity contribution in [1.82, 2.24) is 15.3 Å². The average molecular weight is 308 g/mol. The summed E-state index contributed by atoms with van der Waals surface area (Å²) in [5.41, 5.74) is 0.376. The van der Waals surface area contributed by atoms with Crippen molar-refractivity contribution in [2.75, 3.05) is 0 Å². The molecule has 1 aromatic heterocycles. The van der Waals surface area contributed by atoms with Gasteiger partial charge < -0.3 is 10.3 Å². The number of carbonyl (C=O) groups is 1. The predicted molar refractivity (Wildman–Crippen MR) is 73.8 cm³/mol. The summed E-state index contributed by atoms with van der Waals surface area (Å²) >= 11 is 0. The number of nitrogens with zero attached hydrogens (tertiary/aromatic N) is 1. The molecule has 8 nitrogen and oxygen atoms in total. The van der Waals surface area contributed by atoms with E-state index >= 15 is 0 Å². The van der Waals surface area contributed by atoms with Crippen molar-refractivity contribution in [1.29, 1.82) is 0 Å². The molecule has 0 spiro atoms. The van der Waals surface area contributed by atoms with Crippen molar-refractivity contribution in [2.24, 2.45) is 5.14 Å². The molecule has 2 rings (SSSR count). The Kier molecular flexibility index (Phi) is 4.15. The van der Waals surface area contributed by atoms with E-state index in [2.05, 4.69) is 15.3 Å². The number of rotatable bonds is 4. The highest BCUT2D eigenvalue weighted by Crippen LogP contribution is 2.08. The first kappa shape index (κ1) is 14.9. The topological polar surface area (TPSA) is 135 Å². The minimum absolute atomic E-state index is 0.000113. The summed E-state index contributed by atoms with van der Waals surface area (Å²) in [6.45, 7) is 0.185. The van der Waals surface area contributed by atoms with Crippen LogP contribution in [0.15, 0.2) is 46.3 Å². The Morgan fingerprint density at radius 1 is 1.29 bits per heavy atom. The number of aromatic amines is 1. The van der Waals surface area contributed by atoms with Crippen molar-refractivity contribution in [3.8, 4) is 0 Å². The summed E-state index contributed by atoms with van der Waals surface area (Å²) in [7, 11) is -3.73. The number of hydrogen-bond acceptors (Lipinski definition) is 5. The molecular weight excluding hydrogens is 296 g/mol. The van der Waals surface area contributed by atoms with Crippen LogP contribution in [0.5, 0.6) is 0 Å². The molecular formula is C12H12N4O4S. The van der Waals surface area contributed by atoms with Gasteiger partial charge in [-0.25, -0.2) is 18.5 Å². The molecule has 0 saturated carbocycles. The van der Waals surface area contributed by atoms with E-state index in [-0.39, 0.29) is 17.1 Å². The van der Waals surface area contributed by atoms with Gasteiger partial charge in [0.15, 0.2) is 0 Å². The molecule has 110 valence electrons. The maximum absolute atomic E-state index is 11.7. The standard InChI is InChI=1S/C12H12N4O4S/c13-21(19,20)9-3-1-8(2-4-9)5-16-12(18)10-6-15-11(17)7-14-10/h1-4,6-7H,5H2,(H,15,17)(H,16,18)(H2,13,19,20). The fraction of sp³-hybridized carbons (Fsp3) is 0.0833. The number of benzene rings is 1. The molecule has 0 bridgehead atoms. The van der Waals surface area contributed by atoms with Gasteiger partial charge in [0.1, 0.15) is 5.69 Å². The van der Waals surface area contributed by atoms with Crippen LogP contribution >= 0.6 is 0 Å². The molecule has 1 aromatic carbocycles. The third-order valence-electron chi connectivity index (χ3n) is 2.61. The molecule has 0 aliphatic heterocycles. The summed E-state index contributed by atoms with van der Waals surface area (Å²) in [6, 6.07) is 5.80. The number of H-pyrrole nitrogens is 1. The Morgan fingerprint density at radius 2 is 1.95 bits per heavy atom. The van der Waals surface area contributed by atoms with Crippen molar-refractivity contribution < 1.29 is 13.2 Å². The van der Waals surface area contributed by atoms with E-state index in [1.165, 1.54) is 18.3 Å². The molecule has 0 saturated heterocycles. The van der Waals surface area contributed by atoms with Crippen LogP contribution in [-0.4, -0.2) is 24.3 Å². The molecule has 0 radical (unpaired) electrons. The summed E-state index contributed by atoms with van der Waals surface area (Å²) < 4.78 is 22.2. The molecule has 0 fully saturated rings. The zero-order valence-corrected chi connectivity index (χ0v) is 11.6. The second kappa shape index (κ2) is 5.85. The van der Waals surface area contributed by atoms with Crippen LogP contribution < -0.4 is 16.0 Å². The molecule has 1 amide bonds. The molecule has 2 aromatic rings. The highest BCUT2D eigenvalue weighted by molar-refractivity contribution is 7.89. The number of primary sulfonamides is 1. The maximum atomic E-state index is 11.7. The van der Waals surface area contributed by atoms with Gasteiger partial charge in [-0.2, -0.15) is 0 Å². The van der Waals surface area contributed by atoms with Crippen molar-refractivity contribution >= 4 is 15.9 Å². The third kappa shape index (κ3) is 3.97. The lowest BCUT2D eigenvalue weighted by molar-refractivity contribution is 0.0945. The van der Waals surface area contributed by atoms with Crippen LogP contribution in [0.1, 0.15) is 16.1 Å². The Hall–Kier alpha value is -2.52. The fourth-order valence-electron chi connectivity index (χ4n) is 1.54. The summed E-state index contributed by atoms with van der Waals surface area (Å²) in [5, 5.41) is 7.57. The van der Waals surface area contributed by atoms with E-state index < -0.39 is 21.5 Å². The first-order chi connectivity index (χ1) is 9.86. The highest BCUT2D eigenvalue weighted by Gasteiger charge is 2.09. The molecule has 0 aliphatic carbocycles. The second-order valence-electron chi connectivity index (χ2n) is 4.17. The van der Waals surface area contributed by atoms with E-state index in [0.717, 1.165) is 6.20 Å². The zero-order valence-electron chi connectivity index (χ0n) is 10.7. The summed E-state index contributed by atoms with van der Waals surface area (Å²) in [4.78, 5) is 28.6. The Bertz CT molecular complexity index is 791. The molecule has 0 unspecified atom stereocenters. The summed E-state index contributed by atoms with van der Waals surface area (Å²) in [5.74, 6) is -0.457. The van der Waals surface area contributed by atoms with Gasteiger partial charge in [-0.1, -0.05) is 12.1 Å². The van der Waals surface area contributed by atoms with Gasteiger partial charge >= 0.3 is 0 Å². The number of sulfonamides is 1. The second-order valence-corrected chi connectivity index (χ2v) is 5.73. The van der Waals surface area contributed by atoms with E-state index in [1.807, 2.05) is 0 Å². The van der Waals surface area contributed by atoms with E-state index in [9.17, 15) is 18.0 Å². The van der Waals surface area contributed by atoms with Crippen LogP contribution in [0.4, 0.5) is 0 Å². The fourth-order valence-corrected chi connectivity index (χ4v) is 2.05. The first-order valence-electron chi connectivity index (χ1n) is 5.81. The highest BCUT2D eigenvalue weighted by atomic mass is 32.2. The monoisotopic (exact) mass is 308 g/mol. The van der Waals surface area contributed by atoms with Crippen LogP contribution in [0.2, 0.25) is 0 Å². The molecule has 4 N–H and O–H groups in total. The molecule has 1 heterocycles. The lowest BCUT2D eigenvalue weighted by Crippen LogP contribution is -2.25. The number of nitrogens with two attached hydrogens (primary N) is 1. The van der Waals surface area contributed by atoms with E-state index in [0.29, 0.717) is 5.56 Å². The number of amides is 1. The normalized spacial score (nSPS) is 11.1. The number of nitrogens with one attached hydrogen (secondary N) is 2. The predicted octanol–water partition coefficient (Wildman–Crippen LogP) is -0.653. The Labute approximate surface area is 120 Å². The Morgan fingerprint density at radius 3 is 2.48 bits per heavy atom. The van der Waals surface area contributed by atoms with Crippen molar-refractivity contribution in [3.63, 3.8) is 0 Å². The van der Waals surface area contributed by atoms with Gasteiger partial charge in [0.05, 0.1) is 11.1 Å². The van der Waals surface area contributed by atoms with Gasteiger partial charge in [-0.05, 0) is 17.7 Å².